The maximum absolute atomic E-state index is 5.92. The zero-order valence-corrected chi connectivity index (χ0v) is 11.1. The smallest absolute Gasteiger partial charge is 0.0931 e. The molecule has 0 aliphatic rings. The summed E-state index contributed by atoms with van der Waals surface area (Å²) < 4.78 is 0.804. The highest BCUT2D eigenvalue weighted by molar-refractivity contribution is 7.16. The van der Waals surface area contributed by atoms with Crippen LogP contribution in [0.5, 0.6) is 0 Å². The van der Waals surface area contributed by atoms with Crippen LogP contribution in [-0.4, -0.2) is 4.98 Å². The molecule has 0 saturated heterocycles. The minimum Gasteiger partial charge on any atom is -0.271 e. The summed E-state index contributed by atoms with van der Waals surface area (Å²) in [4.78, 5) is 5.35. The van der Waals surface area contributed by atoms with Crippen molar-refractivity contribution in [2.24, 2.45) is 5.84 Å². The van der Waals surface area contributed by atoms with E-state index in [-0.39, 0.29) is 6.04 Å². The van der Waals surface area contributed by atoms with Crippen LogP contribution in [0.15, 0.2) is 30.6 Å². The molecule has 1 unspecified atom stereocenters. The van der Waals surface area contributed by atoms with Gasteiger partial charge in [-0.3, -0.25) is 16.3 Å². The van der Waals surface area contributed by atoms with Crippen LogP contribution in [0.4, 0.5) is 0 Å². The first-order valence-corrected chi connectivity index (χ1v) is 6.51. The number of nitrogens with one attached hydrogen (secondary N) is 1. The number of pyridine rings is 1. The van der Waals surface area contributed by atoms with E-state index in [2.05, 4.69) is 17.3 Å². The minimum atomic E-state index is 0.0680. The number of hydrogen-bond donors (Lipinski definition) is 2. The molecule has 2 rings (SSSR count). The third-order valence-electron chi connectivity index (χ3n) is 2.69. The van der Waals surface area contributed by atoms with Gasteiger partial charge in [-0.05, 0) is 36.2 Å². The molecule has 0 bridgehead atoms. The molecule has 0 aliphatic heterocycles. The Labute approximate surface area is 110 Å². The number of aromatic nitrogens is 1. The molecule has 2 aromatic rings. The molecule has 5 heteroatoms. The summed E-state index contributed by atoms with van der Waals surface area (Å²) >= 11 is 7.50. The standard InChI is InChI=1S/C12H14ClN3S/c1-8-4-5-15-7-10(8)11(16-14)6-9-2-3-12(13)17-9/h2-5,7,11,16H,6,14H2,1H3. The molecule has 1 atom stereocenters. The van der Waals surface area contributed by atoms with Crippen molar-refractivity contribution >= 4 is 22.9 Å². The second kappa shape index (κ2) is 5.60. The Morgan fingerprint density at radius 2 is 2.29 bits per heavy atom. The van der Waals surface area contributed by atoms with Crippen molar-refractivity contribution in [2.45, 2.75) is 19.4 Å². The second-order valence-electron chi connectivity index (χ2n) is 3.86. The molecule has 0 aromatic carbocycles. The Morgan fingerprint density at radius 1 is 1.47 bits per heavy atom. The van der Waals surface area contributed by atoms with Crippen molar-refractivity contribution in [1.82, 2.24) is 10.4 Å². The molecule has 0 amide bonds. The molecule has 0 radical (unpaired) electrons. The highest BCUT2D eigenvalue weighted by atomic mass is 35.5. The van der Waals surface area contributed by atoms with E-state index < -0.39 is 0 Å². The van der Waals surface area contributed by atoms with Gasteiger partial charge in [0.05, 0.1) is 10.4 Å². The summed E-state index contributed by atoms with van der Waals surface area (Å²) in [5.74, 6) is 5.62. The van der Waals surface area contributed by atoms with Crippen LogP contribution in [0.25, 0.3) is 0 Å². The quantitative estimate of drug-likeness (QED) is 0.662. The van der Waals surface area contributed by atoms with E-state index >= 15 is 0 Å². The van der Waals surface area contributed by atoms with Gasteiger partial charge in [-0.15, -0.1) is 11.3 Å². The van der Waals surface area contributed by atoms with Crippen LogP contribution >= 0.6 is 22.9 Å². The molecule has 0 fully saturated rings. The summed E-state index contributed by atoms with van der Waals surface area (Å²) in [5, 5.41) is 0. The zero-order valence-electron chi connectivity index (χ0n) is 9.48. The Hall–Kier alpha value is -0.940. The molecule has 2 heterocycles. The van der Waals surface area contributed by atoms with Gasteiger partial charge in [-0.25, -0.2) is 0 Å². The number of nitrogens with zero attached hydrogens (tertiary/aromatic N) is 1. The lowest BCUT2D eigenvalue weighted by Crippen LogP contribution is -2.30. The lowest BCUT2D eigenvalue weighted by Gasteiger charge is -2.17. The van der Waals surface area contributed by atoms with E-state index in [1.54, 1.807) is 17.5 Å². The first-order chi connectivity index (χ1) is 8.20. The number of nitrogens with two attached hydrogens (primary N) is 1. The van der Waals surface area contributed by atoms with Gasteiger partial charge in [0.2, 0.25) is 0 Å². The molecule has 0 aliphatic carbocycles. The van der Waals surface area contributed by atoms with Crippen molar-refractivity contribution in [1.29, 1.82) is 0 Å². The SMILES string of the molecule is Cc1ccncc1C(Cc1ccc(Cl)s1)NN. The lowest BCUT2D eigenvalue weighted by atomic mass is 10.0. The normalized spacial score (nSPS) is 12.6. The summed E-state index contributed by atoms with van der Waals surface area (Å²) in [6, 6.07) is 5.99. The highest BCUT2D eigenvalue weighted by Crippen LogP contribution is 2.27. The predicted molar refractivity (Wildman–Crippen MR) is 72.1 cm³/mol. The molecular formula is C12H14ClN3S. The van der Waals surface area contributed by atoms with Crippen LogP contribution in [0.3, 0.4) is 0 Å². The average Bonchev–Trinajstić information content (AvgIpc) is 2.73. The molecule has 90 valence electrons. The molecule has 0 saturated carbocycles. The molecule has 17 heavy (non-hydrogen) atoms. The number of thiophene rings is 1. The van der Waals surface area contributed by atoms with Crippen molar-refractivity contribution in [3.8, 4) is 0 Å². The fraction of sp³-hybridized carbons (Fsp3) is 0.250. The van der Waals surface area contributed by atoms with Gasteiger partial charge in [-0.1, -0.05) is 11.6 Å². The molecular weight excluding hydrogens is 254 g/mol. The fourth-order valence-electron chi connectivity index (χ4n) is 1.76. The van der Waals surface area contributed by atoms with Crippen LogP contribution in [0.1, 0.15) is 22.0 Å². The van der Waals surface area contributed by atoms with Gasteiger partial charge >= 0.3 is 0 Å². The van der Waals surface area contributed by atoms with Gasteiger partial charge < -0.3 is 0 Å². The monoisotopic (exact) mass is 267 g/mol. The molecule has 3 N–H and O–H groups in total. The summed E-state index contributed by atoms with van der Waals surface area (Å²) in [5.41, 5.74) is 5.15. The first-order valence-electron chi connectivity index (χ1n) is 5.31. The van der Waals surface area contributed by atoms with Gasteiger partial charge in [0.15, 0.2) is 0 Å². The van der Waals surface area contributed by atoms with E-state index in [9.17, 15) is 0 Å². The van der Waals surface area contributed by atoms with Crippen LogP contribution in [0.2, 0.25) is 4.34 Å². The summed E-state index contributed by atoms with van der Waals surface area (Å²) in [6.45, 7) is 2.06. The second-order valence-corrected chi connectivity index (χ2v) is 5.66. The lowest BCUT2D eigenvalue weighted by molar-refractivity contribution is 0.551. The van der Waals surface area contributed by atoms with E-state index in [1.807, 2.05) is 24.4 Å². The number of rotatable bonds is 4. The highest BCUT2D eigenvalue weighted by Gasteiger charge is 2.14. The Balaban J connectivity index is 2.20. The van der Waals surface area contributed by atoms with E-state index in [0.29, 0.717) is 0 Å². The molecule has 2 aromatic heterocycles. The number of aryl methyl sites for hydroxylation is 1. The van der Waals surface area contributed by atoms with E-state index in [4.69, 9.17) is 17.4 Å². The van der Waals surface area contributed by atoms with Gasteiger partial charge in [0.1, 0.15) is 0 Å². The van der Waals surface area contributed by atoms with Gasteiger partial charge in [0.25, 0.3) is 0 Å². The van der Waals surface area contributed by atoms with Gasteiger partial charge in [-0.2, -0.15) is 0 Å². The summed E-state index contributed by atoms with van der Waals surface area (Å²) in [7, 11) is 0. The topological polar surface area (TPSA) is 50.9 Å². The Kier molecular flexibility index (Phi) is 4.12. The maximum Gasteiger partial charge on any atom is 0.0931 e. The number of halogens is 1. The predicted octanol–water partition coefficient (Wildman–Crippen LogP) is 2.85. The van der Waals surface area contributed by atoms with E-state index in [0.717, 1.165) is 16.3 Å². The van der Waals surface area contributed by atoms with Crippen molar-refractivity contribution in [3.05, 3.63) is 50.9 Å². The first kappa shape index (κ1) is 12.5. The third-order valence-corrected chi connectivity index (χ3v) is 3.94. The molecule has 0 spiro atoms. The number of hydrogen-bond acceptors (Lipinski definition) is 4. The fourth-order valence-corrected chi connectivity index (χ4v) is 2.90. The largest absolute Gasteiger partial charge is 0.271 e. The van der Waals surface area contributed by atoms with Gasteiger partial charge in [0, 0.05) is 23.7 Å². The maximum atomic E-state index is 5.92. The number of hydrazine groups is 1. The van der Waals surface area contributed by atoms with Crippen molar-refractivity contribution in [3.63, 3.8) is 0 Å². The van der Waals surface area contributed by atoms with Crippen LogP contribution in [0, 0.1) is 6.92 Å². The Bertz CT molecular complexity index is 498. The average molecular weight is 268 g/mol. The minimum absolute atomic E-state index is 0.0680. The van der Waals surface area contributed by atoms with Crippen LogP contribution < -0.4 is 11.3 Å². The third kappa shape index (κ3) is 3.04. The van der Waals surface area contributed by atoms with Crippen molar-refractivity contribution < 1.29 is 0 Å². The summed E-state index contributed by atoms with van der Waals surface area (Å²) in [6.07, 6.45) is 4.46. The zero-order chi connectivity index (χ0) is 12.3. The molecule has 3 nitrogen and oxygen atoms in total. The van der Waals surface area contributed by atoms with Crippen LogP contribution in [-0.2, 0) is 6.42 Å². The Morgan fingerprint density at radius 3 is 2.88 bits per heavy atom. The van der Waals surface area contributed by atoms with E-state index in [1.165, 1.54) is 10.4 Å². The van der Waals surface area contributed by atoms with Crippen molar-refractivity contribution in [2.75, 3.05) is 0 Å².